The zero-order valence-electron chi connectivity index (χ0n) is 6.10. The van der Waals surface area contributed by atoms with Gasteiger partial charge in [0.05, 0.1) is 9.92 Å². The maximum absolute atomic E-state index is 10.8. The minimum atomic E-state index is -2.11. The molecule has 0 radical (unpaired) electrons. The molecule has 0 aliphatic heterocycles. The summed E-state index contributed by atoms with van der Waals surface area (Å²) in [5, 5.41) is 7.31. The fraction of sp³-hybridized carbons (Fsp3) is 0. The Morgan fingerprint density at radius 1 is 1.38 bits per heavy atom. The normalized spacial score (nSPS) is 13.4. The molecule has 1 N–H and O–H groups in total. The molecule has 2 aromatic rings. The van der Waals surface area contributed by atoms with Crippen LogP contribution in [0.1, 0.15) is 0 Å². The molecule has 1 aromatic carbocycles. The average molecular weight is 219 g/mol. The summed E-state index contributed by atoms with van der Waals surface area (Å²) in [6.07, 6.45) is 0. The van der Waals surface area contributed by atoms with E-state index in [0.717, 1.165) is 0 Å². The summed E-state index contributed by atoms with van der Waals surface area (Å²) in [6, 6.07) is 2.88. The molecule has 1 unspecified atom stereocenters. The van der Waals surface area contributed by atoms with Crippen molar-refractivity contribution >= 4 is 33.7 Å². The van der Waals surface area contributed by atoms with Gasteiger partial charge in [-0.2, -0.15) is 0 Å². The molecular formula is C6H3ClN2O3S. The molecule has 1 heterocycles. The summed E-state index contributed by atoms with van der Waals surface area (Å²) in [7, 11) is 0. The highest BCUT2D eigenvalue weighted by atomic mass is 35.5. The predicted octanol–water partition coefficient (Wildman–Crippen LogP) is 1.46. The molecule has 0 amide bonds. The van der Waals surface area contributed by atoms with E-state index in [4.69, 9.17) is 16.2 Å². The molecular weight excluding hydrogens is 216 g/mol. The molecule has 0 aliphatic rings. The highest BCUT2D eigenvalue weighted by Gasteiger charge is 2.13. The number of hydrogen-bond donors (Lipinski definition) is 1. The maximum Gasteiger partial charge on any atom is 0.188 e. The lowest BCUT2D eigenvalue weighted by Gasteiger charge is -1.94. The molecule has 13 heavy (non-hydrogen) atoms. The second kappa shape index (κ2) is 3.06. The van der Waals surface area contributed by atoms with Gasteiger partial charge in [0.15, 0.2) is 22.1 Å². The van der Waals surface area contributed by atoms with Crippen LogP contribution in [0, 0.1) is 0 Å². The highest BCUT2D eigenvalue weighted by Crippen LogP contribution is 2.24. The molecule has 0 saturated carbocycles. The van der Waals surface area contributed by atoms with Crippen LogP contribution in [-0.2, 0) is 11.1 Å². The molecule has 0 spiro atoms. The SMILES string of the molecule is O=S(O)c1ccc(Cl)c2nonc12. The van der Waals surface area contributed by atoms with Crippen molar-refractivity contribution in [2.45, 2.75) is 4.90 Å². The fourth-order valence-corrected chi connectivity index (χ4v) is 1.63. The fourth-order valence-electron chi connectivity index (χ4n) is 0.955. The van der Waals surface area contributed by atoms with Gasteiger partial charge in [0.1, 0.15) is 0 Å². The van der Waals surface area contributed by atoms with Gasteiger partial charge in [-0.25, -0.2) is 8.84 Å². The number of rotatable bonds is 1. The van der Waals surface area contributed by atoms with Crippen LogP contribution < -0.4 is 0 Å². The highest BCUT2D eigenvalue weighted by molar-refractivity contribution is 7.79. The standard InChI is InChI=1S/C6H3ClN2O3S/c7-3-1-2-4(13(10)11)6-5(3)8-12-9-6/h1-2H,(H,10,11). The van der Waals surface area contributed by atoms with E-state index in [1.54, 1.807) is 0 Å². The largest absolute Gasteiger partial charge is 0.302 e. The summed E-state index contributed by atoms with van der Waals surface area (Å²) in [5.74, 6) is 0. The first-order valence-corrected chi connectivity index (χ1v) is 4.70. The second-order valence-electron chi connectivity index (χ2n) is 2.26. The number of nitrogens with zero attached hydrogens (tertiary/aromatic N) is 2. The molecule has 68 valence electrons. The summed E-state index contributed by atoms with van der Waals surface area (Å²) in [6.45, 7) is 0. The Morgan fingerprint density at radius 3 is 2.77 bits per heavy atom. The third-order valence-corrected chi connectivity index (χ3v) is 2.53. The third-order valence-electron chi connectivity index (χ3n) is 1.52. The molecule has 1 aromatic heterocycles. The van der Waals surface area contributed by atoms with Gasteiger partial charge in [0.25, 0.3) is 0 Å². The van der Waals surface area contributed by atoms with Crippen LogP contribution >= 0.6 is 11.6 Å². The Balaban J connectivity index is 2.86. The van der Waals surface area contributed by atoms with Crippen molar-refractivity contribution in [3.8, 4) is 0 Å². The van der Waals surface area contributed by atoms with Gasteiger partial charge >= 0.3 is 0 Å². The Hall–Kier alpha value is -0.980. The van der Waals surface area contributed by atoms with Crippen LogP contribution in [0.2, 0.25) is 5.02 Å². The van der Waals surface area contributed by atoms with E-state index in [1.165, 1.54) is 12.1 Å². The van der Waals surface area contributed by atoms with Crippen LogP contribution in [0.3, 0.4) is 0 Å². The summed E-state index contributed by atoms with van der Waals surface area (Å²) >= 11 is 3.62. The molecule has 7 heteroatoms. The van der Waals surface area contributed by atoms with Crippen molar-refractivity contribution < 1.29 is 13.4 Å². The Labute approximate surface area is 79.9 Å². The Bertz CT molecular complexity index is 484. The lowest BCUT2D eigenvalue weighted by Crippen LogP contribution is -1.89. The number of halogens is 1. The first kappa shape index (κ1) is 8.61. The van der Waals surface area contributed by atoms with Crippen molar-refractivity contribution in [1.82, 2.24) is 10.3 Å². The van der Waals surface area contributed by atoms with E-state index in [-0.39, 0.29) is 10.4 Å². The second-order valence-corrected chi connectivity index (χ2v) is 3.60. The van der Waals surface area contributed by atoms with Crippen LogP contribution in [0.15, 0.2) is 21.7 Å². The first-order chi connectivity index (χ1) is 6.20. The Kier molecular flexibility index (Phi) is 2.03. The topological polar surface area (TPSA) is 76.2 Å². The van der Waals surface area contributed by atoms with Crippen LogP contribution in [0.25, 0.3) is 11.0 Å². The molecule has 0 saturated heterocycles. The number of hydrogen-bond acceptors (Lipinski definition) is 4. The van der Waals surface area contributed by atoms with Gasteiger partial charge < -0.3 is 4.55 Å². The van der Waals surface area contributed by atoms with Crippen molar-refractivity contribution in [3.05, 3.63) is 17.2 Å². The molecule has 5 nitrogen and oxygen atoms in total. The van der Waals surface area contributed by atoms with E-state index in [0.29, 0.717) is 10.5 Å². The zero-order chi connectivity index (χ0) is 9.42. The molecule has 0 aliphatic carbocycles. The van der Waals surface area contributed by atoms with E-state index in [1.807, 2.05) is 0 Å². The van der Waals surface area contributed by atoms with Gasteiger partial charge in [0, 0.05) is 0 Å². The maximum atomic E-state index is 10.8. The van der Waals surface area contributed by atoms with Crippen molar-refractivity contribution in [2.24, 2.45) is 0 Å². The summed E-state index contributed by atoms with van der Waals surface area (Å²) in [5.41, 5.74) is 0.509. The summed E-state index contributed by atoms with van der Waals surface area (Å²) < 4.78 is 24.0. The number of benzene rings is 1. The van der Waals surface area contributed by atoms with Crippen LogP contribution in [0.4, 0.5) is 0 Å². The van der Waals surface area contributed by atoms with E-state index < -0.39 is 11.1 Å². The Morgan fingerprint density at radius 2 is 2.08 bits per heavy atom. The van der Waals surface area contributed by atoms with Crippen molar-refractivity contribution in [3.63, 3.8) is 0 Å². The minimum absolute atomic E-state index is 0.139. The smallest absolute Gasteiger partial charge is 0.188 e. The molecule has 2 rings (SSSR count). The monoisotopic (exact) mass is 218 g/mol. The van der Waals surface area contributed by atoms with Gasteiger partial charge in [0.2, 0.25) is 0 Å². The van der Waals surface area contributed by atoms with Gasteiger partial charge in [-0.1, -0.05) is 11.6 Å². The van der Waals surface area contributed by atoms with Crippen LogP contribution in [0.5, 0.6) is 0 Å². The van der Waals surface area contributed by atoms with Gasteiger partial charge in [-0.05, 0) is 22.4 Å². The number of aromatic nitrogens is 2. The molecule has 1 atom stereocenters. The lowest BCUT2D eigenvalue weighted by molar-refractivity contribution is 0.315. The first-order valence-electron chi connectivity index (χ1n) is 3.22. The van der Waals surface area contributed by atoms with Gasteiger partial charge in [-0.15, -0.1) is 0 Å². The quantitative estimate of drug-likeness (QED) is 0.734. The predicted molar refractivity (Wildman–Crippen MR) is 45.9 cm³/mol. The van der Waals surface area contributed by atoms with E-state index in [2.05, 4.69) is 14.9 Å². The summed E-state index contributed by atoms with van der Waals surface area (Å²) in [4.78, 5) is 0.139. The molecule has 0 fully saturated rings. The average Bonchev–Trinajstić information content (AvgIpc) is 2.53. The third kappa shape index (κ3) is 1.32. The zero-order valence-corrected chi connectivity index (χ0v) is 7.67. The van der Waals surface area contributed by atoms with Crippen LogP contribution in [-0.4, -0.2) is 19.1 Å². The lowest BCUT2D eigenvalue weighted by atomic mass is 10.3. The van der Waals surface area contributed by atoms with Crippen molar-refractivity contribution in [2.75, 3.05) is 0 Å². The van der Waals surface area contributed by atoms with E-state index >= 15 is 0 Å². The van der Waals surface area contributed by atoms with Crippen molar-refractivity contribution in [1.29, 1.82) is 0 Å². The van der Waals surface area contributed by atoms with Gasteiger partial charge in [-0.3, -0.25) is 0 Å². The van der Waals surface area contributed by atoms with E-state index in [9.17, 15) is 4.21 Å². The molecule has 0 bridgehead atoms. The number of fused-ring (bicyclic) bond motifs is 1. The minimum Gasteiger partial charge on any atom is -0.302 e.